The number of ether oxygens (including phenoxy) is 1. The molecule has 0 aliphatic carbocycles. The monoisotopic (exact) mass is 489 g/mol. The van der Waals surface area contributed by atoms with E-state index in [0.717, 1.165) is 10.4 Å². The molecule has 0 unspecified atom stereocenters. The molecule has 3 aromatic carbocycles. The molecule has 9 nitrogen and oxygen atoms in total. The minimum Gasteiger partial charge on any atom is -0.496 e. The number of amides is 1. The highest BCUT2D eigenvalue weighted by molar-refractivity contribution is 7.92. The summed E-state index contributed by atoms with van der Waals surface area (Å²) < 4.78 is 33.1. The summed E-state index contributed by atoms with van der Waals surface area (Å²) in [4.78, 5) is 23.2. The van der Waals surface area contributed by atoms with Crippen molar-refractivity contribution in [2.45, 2.75) is 11.8 Å². The van der Waals surface area contributed by atoms with Crippen LogP contribution in [0, 0.1) is 17.0 Å². The summed E-state index contributed by atoms with van der Waals surface area (Å²) in [6, 6.07) is 16.1. The van der Waals surface area contributed by atoms with Gasteiger partial charge in [0.15, 0.2) is 0 Å². The van der Waals surface area contributed by atoms with Crippen LogP contribution in [0.1, 0.15) is 5.56 Å². The van der Waals surface area contributed by atoms with Gasteiger partial charge < -0.3 is 10.1 Å². The number of nitrogens with one attached hydrogen (secondary N) is 1. The number of hydrogen-bond acceptors (Lipinski definition) is 6. The van der Waals surface area contributed by atoms with E-state index in [9.17, 15) is 23.3 Å². The van der Waals surface area contributed by atoms with Gasteiger partial charge in [0, 0.05) is 12.1 Å². The van der Waals surface area contributed by atoms with Crippen LogP contribution in [0.4, 0.5) is 17.1 Å². The Balaban J connectivity index is 1.96. The minimum atomic E-state index is -4.14. The van der Waals surface area contributed by atoms with Gasteiger partial charge in [-0.2, -0.15) is 0 Å². The van der Waals surface area contributed by atoms with Crippen molar-refractivity contribution in [2.24, 2.45) is 0 Å². The fraction of sp³-hybridized carbons (Fsp3) is 0.136. The zero-order valence-electron chi connectivity index (χ0n) is 17.7. The van der Waals surface area contributed by atoms with Crippen molar-refractivity contribution in [3.63, 3.8) is 0 Å². The van der Waals surface area contributed by atoms with Crippen LogP contribution in [-0.4, -0.2) is 32.9 Å². The summed E-state index contributed by atoms with van der Waals surface area (Å²) in [5, 5.41) is 13.6. The number of carbonyl (C=O) groups excluding carboxylic acids is 1. The van der Waals surface area contributed by atoms with Crippen LogP contribution in [0.15, 0.2) is 71.6 Å². The molecule has 33 heavy (non-hydrogen) atoms. The molecule has 0 aromatic heterocycles. The van der Waals surface area contributed by atoms with Crippen molar-refractivity contribution >= 4 is 44.6 Å². The van der Waals surface area contributed by atoms with Gasteiger partial charge in [-0.15, -0.1) is 0 Å². The molecule has 0 saturated carbocycles. The Labute approximate surface area is 195 Å². The average Bonchev–Trinajstić information content (AvgIpc) is 2.79. The molecule has 172 valence electrons. The number of nitro benzene ring substituents is 1. The number of hydrogen-bond donors (Lipinski definition) is 1. The average molecular weight is 490 g/mol. The molecule has 0 spiro atoms. The van der Waals surface area contributed by atoms with Crippen molar-refractivity contribution in [1.82, 2.24) is 0 Å². The van der Waals surface area contributed by atoms with Crippen LogP contribution < -0.4 is 14.4 Å². The molecule has 0 atom stereocenters. The number of halogens is 1. The second-order valence-corrected chi connectivity index (χ2v) is 9.22. The van der Waals surface area contributed by atoms with Crippen LogP contribution in [0.25, 0.3) is 0 Å². The fourth-order valence-electron chi connectivity index (χ4n) is 3.09. The zero-order chi connectivity index (χ0) is 24.2. The van der Waals surface area contributed by atoms with Crippen molar-refractivity contribution in [2.75, 3.05) is 23.3 Å². The Kier molecular flexibility index (Phi) is 7.19. The van der Waals surface area contributed by atoms with E-state index < -0.39 is 27.4 Å². The van der Waals surface area contributed by atoms with E-state index in [1.54, 1.807) is 37.3 Å². The lowest BCUT2D eigenvalue weighted by Gasteiger charge is -2.24. The highest BCUT2D eigenvalue weighted by Crippen LogP contribution is 2.29. The summed E-state index contributed by atoms with van der Waals surface area (Å²) in [5.41, 5.74) is 0.614. The van der Waals surface area contributed by atoms with E-state index in [-0.39, 0.29) is 27.0 Å². The van der Waals surface area contributed by atoms with E-state index in [2.05, 4.69) is 5.32 Å². The van der Waals surface area contributed by atoms with E-state index in [1.807, 2.05) is 0 Å². The van der Waals surface area contributed by atoms with Gasteiger partial charge in [0.25, 0.3) is 15.7 Å². The second kappa shape index (κ2) is 9.88. The number of rotatable bonds is 8. The Morgan fingerprint density at radius 3 is 2.42 bits per heavy atom. The molecular weight excluding hydrogens is 470 g/mol. The Morgan fingerprint density at radius 1 is 1.12 bits per heavy atom. The lowest BCUT2D eigenvalue weighted by atomic mass is 10.2. The van der Waals surface area contributed by atoms with Crippen molar-refractivity contribution in [3.8, 4) is 5.75 Å². The first-order valence-corrected chi connectivity index (χ1v) is 11.4. The quantitative estimate of drug-likeness (QED) is 0.370. The third kappa shape index (κ3) is 5.41. The van der Waals surface area contributed by atoms with E-state index in [4.69, 9.17) is 16.3 Å². The first kappa shape index (κ1) is 24.0. The van der Waals surface area contributed by atoms with Gasteiger partial charge in [-0.05, 0) is 48.9 Å². The van der Waals surface area contributed by atoms with E-state index in [0.29, 0.717) is 11.3 Å². The number of benzene rings is 3. The standard InChI is InChI=1S/C22H20ClN3O6S/c1-15-12-18(9-11-21(15)32-2)33(30,31)25(16-6-4-3-5-7-16)14-22(27)24-20-13-17(26(28)29)8-10-19(20)23/h3-13H,14H2,1-2H3,(H,24,27). The largest absolute Gasteiger partial charge is 0.496 e. The maximum absolute atomic E-state index is 13.5. The Hall–Kier alpha value is -3.63. The maximum Gasteiger partial charge on any atom is 0.271 e. The van der Waals surface area contributed by atoms with Gasteiger partial charge in [-0.25, -0.2) is 8.42 Å². The first-order valence-electron chi connectivity index (χ1n) is 9.59. The SMILES string of the molecule is COc1ccc(S(=O)(=O)N(CC(=O)Nc2cc([N+](=O)[O-])ccc2Cl)c2ccccc2)cc1C. The van der Waals surface area contributed by atoms with Gasteiger partial charge in [0.1, 0.15) is 12.3 Å². The van der Waals surface area contributed by atoms with Crippen molar-refractivity contribution in [3.05, 3.63) is 87.4 Å². The highest BCUT2D eigenvalue weighted by Gasteiger charge is 2.28. The summed E-state index contributed by atoms with van der Waals surface area (Å²) >= 11 is 6.05. The van der Waals surface area contributed by atoms with E-state index >= 15 is 0 Å². The minimum absolute atomic E-state index is 0.00145. The van der Waals surface area contributed by atoms with Gasteiger partial charge >= 0.3 is 0 Å². The molecule has 11 heteroatoms. The predicted molar refractivity (Wildman–Crippen MR) is 125 cm³/mol. The predicted octanol–water partition coefficient (Wildman–Crippen LogP) is 4.40. The van der Waals surface area contributed by atoms with E-state index in [1.165, 1.54) is 37.4 Å². The Morgan fingerprint density at radius 2 is 1.82 bits per heavy atom. The van der Waals surface area contributed by atoms with Crippen LogP contribution in [-0.2, 0) is 14.8 Å². The molecule has 1 N–H and O–H groups in total. The molecule has 0 fully saturated rings. The number of aryl methyl sites for hydroxylation is 1. The molecule has 1 amide bonds. The molecular formula is C22H20ClN3O6S. The van der Waals surface area contributed by atoms with Crippen LogP contribution in [0.2, 0.25) is 5.02 Å². The van der Waals surface area contributed by atoms with Crippen LogP contribution in [0.3, 0.4) is 0 Å². The number of carbonyl (C=O) groups is 1. The summed E-state index contributed by atoms with van der Waals surface area (Å²) in [7, 11) is -2.66. The van der Waals surface area contributed by atoms with Crippen LogP contribution >= 0.6 is 11.6 Å². The molecule has 0 aliphatic rings. The Bertz CT molecular complexity index is 1300. The smallest absolute Gasteiger partial charge is 0.271 e. The highest BCUT2D eigenvalue weighted by atomic mass is 35.5. The van der Waals surface area contributed by atoms with Crippen molar-refractivity contribution < 1.29 is 22.9 Å². The molecule has 0 bridgehead atoms. The second-order valence-electron chi connectivity index (χ2n) is 6.95. The van der Waals surface area contributed by atoms with Gasteiger partial charge in [0.05, 0.1) is 33.3 Å². The number of nitro groups is 1. The third-order valence-electron chi connectivity index (χ3n) is 4.72. The summed E-state index contributed by atoms with van der Waals surface area (Å²) in [6.45, 7) is 1.12. The number of sulfonamides is 1. The molecule has 0 saturated heterocycles. The topological polar surface area (TPSA) is 119 Å². The zero-order valence-corrected chi connectivity index (χ0v) is 19.3. The molecule has 0 aliphatic heterocycles. The molecule has 0 radical (unpaired) electrons. The number of para-hydroxylation sites is 1. The fourth-order valence-corrected chi connectivity index (χ4v) is 4.76. The summed E-state index contributed by atoms with van der Waals surface area (Å²) in [5.74, 6) is -0.201. The van der Waals surface area contributed by atoms with Crippen molar-refractivity contribution in [1.29, 1.82) is 0 Å². The number of non-ortho nitro benzene ring substituents is 1. The molecule has 3 aromatic rings. The normalized spacial score (nSPS) is 11.0. The number of methoxy groups -OCH3 is 1. The number of nitrogens with zero attached hydrogens (tertiary/aromatic N) is 2. The van der Waals surface area contributed by atoms with Gasteiger partial charge in [0.2, 0.25) is 5.91 Å². The van der Waals surface area contributed by atoms with Gasteiger partial charge in [-0.1, -0.05) is 29.8 Å². The molecule has 3 rings (SSSR count). The van der Waals surface area contributed by atoms with Gasteiger partial charge in [-0.3, -0.25) is 19.2 Å². The van der Waals surface area contributed by atoms with Crippen LogP contribution in [0.5, 0.6) is 5.75 Å². The maximum atomic E-state index is 13.5. The summed E-state index contributed by atoms with van der Waals surface area (Å²) in [6.07, 6.45) is 0. The lowest BCUT2D eigenvalue weighted by molar-refractivity contribution is -0.384. The third-order valence-corrected chi connectivity index (χ3v) is 6.82. The lowest BCUT2D eigenvalue weighted by Crippen LogP contribution is -2.38. The number of anilines is 2. The molecule has 0 heterocycles. The first-order chi connectivity index (χ1) is 15.6.